The Labute approximate surface area is 144 Å². The van der Waals surface area contributed by atoms with Gasteiger partial charge in [-0.15, -0.1) is 5.10 Å². The maximum absolute atomic E-state index is 12.7. The van der Waals surface area contributed by atoms with Gasteiger partial charge in [-0.25, -0.2) is 9.78 Å². The van der Waals surface area contributed by atoms with Gasteiger partial charge in [0.15, 0.2) is 11.2 Å². The van der Waals surface area contributed by atoms with Crippen molar-refractivity contribution in [1.82, 2.24) is 24.5 Å². The van der Waals surface area contributed by atoms with Crippen molar-refractivity contribution in [2.24, 2.45) is 0 Å². The van der Waals surface area contributed by atoms with Crippen molar-refractivity contribution in [3.05, 3.63) is 46.0 Å². The van der Waals surface area contributed by atoms with Crippen LogP contribution in [-0.4, -0.2) is 37.1 Å². The van der Waals surface area contributed by atoms with Crippen molar-refractivity contribution < 1.29 is 9.53 Å². The number of hydrogen-bond donors (Lipinski definition) is 0. The highest BCUT2D eigenvalue weighted by Gasteiger charge is 2.21. The molecule has 1 atom stereocenters. The van der Waals surface area contributed by atoms with Crippen LogP contribution < -0.4 is 5.56 Å². The van der Waals surface area contributed by atoms with Crippen LogP contribution in [0.2, 0.25) is 0 Å². The smallest absolute Gasteiger partial charge is 0.328 e. The van der Waals surface area contributed by atoms with Crippen molar-refractivity contribution in [2.75, 3.05) is 6.61 Å². The summed E-state index contributed by atoms with van der Waals surface area (Å²) in [5, 5.41) is 8.03. The van der Waals surface area contributed by atoms with Crippen LogP contribution in [0.15, 0.2) is 29.3 Å². The lowest BCUT2D eigenvalue weighted by molar-refractivity contribution is -0.146. The van der Waals surface area contributed by atoms with Crippen LogP contribution in [0.1, 0.15) is 31.0 Å². The predicted octanol–water partition coefficient (Wildman–Crippen LogP) is 1.72. The lowest BCUT2D eigenvalue weighted by atomic mass is 10.1. The Bertz CT molecular complexity index is 985. The van der Waals surface area contributed by atoms with E-state index >= 15 is 0 Å². The highest BCUT2D eigenvalue weighted by Crippen LogP contribution is 2.16. The van der Waals surface area contributed by atoms with E-state index in [9.17, 15) is 9.59 Å². The molecule has 0 aliphatic carbocycles. The van der Waals surface area contributed by atoms with E-state index in [1.54, 1.807) is 13.8 Å². The molecule has 0 saturated heterocycles. The summed E-state index contributed by atoms with van der Waals surface area (Å²) in [7, 11) is 0. The molecule has 2 aromatic heterocycles. The summed E-state index contributed by atoms with van der Waals surface area (Å²) in [4.78, 5) is 28.8. The number of benzene rings is 1. The van der Waals surface area contributed by atoms with E-state index in [0.717, 1.165) is 16.8 Å². The Balaban J connectivity index is 2.11. The molecule has 25 heavy (non-hydrogen) atoms. The highest BCUT2D eigenvalue weighted by molar-refractivity contribution is 5.75. The van der Waals surface area contributed by atoms with Gasteiger partial charge in [-0.1, -0.05) is 11.3 Å². The van der Waals surface area contributed by atoms with E-state index in [0.29, 0.717) is 5.65 Å². The third kappa shape index (κ3) is 3.02. The van der Waals surface area contributed by atoms with Gasteiger partial charge in [0.2, 0.25) is 0 Å². The van der Waals surface area contributed by atoms with Crippen molar-refractivity contribution in [1.29, 1.82) is 0 Å². The summed E-state index contributed by atoms with van der Waals surface area (Å²) < 4.78 is 7.69. The van der Waals surface area contributed by atoms with Crippen LogP contribution in [0.5, 0.6) is 0 Å². The largest absolute Gasteiger partial charge is 0.464 e. The molecule has 0 radical (unpaired) electrons. The van der Waals surface area contributed by atoms with Crippen molar-refractivity contribution in [3.8, 4) is 5.69 Å². The van der Waals surface area contributed by atoms with Gasteiger partial charge in [0.25, 0.3) is 5.56 Å². The summed E-state index contributed by atoms with van der Waals surface area (Å²) in [6, 6.07) is 5.14. The second kappa shape index (κ2) is 6.46. The van der Waals surface area contributed by atoms with Gasteiger partial charge in [0.1, 0.15) is 12.4 Å². The first-order chi connectivity index (χ1) is 11.9. The summed E-state index contributed by atoms with van der Waals surface area (Å²) in [5.74, 6) is -0.493. The van der Waals surface area contributed by atoms with E-state index < -0.39 is 17.6 Å². The molecule has 0 spiro atoms. The summed E-state index contributed by atoms with van der Waals surface area (Å²) in [5.41, 5.74) is 2.95. The Morgan fingerprint density at radius 1 is 1.24 bits per heavy atom. The Morgan fingerprint density at radius 3 is 2.56 bits per heavy atom. The second-order valence-electron chi connectivity index (χ2n) is 5.90. The molecule has 0 fully saturated rings. The molecule has 0 N–H and O–H groups in total. The second-order valence-corrected chi connectivity index (χ2v) is 5.90. The summed E-state index contributed by atoms with van der Waals surface area (Å²) in [6.07, 6.45) is 1.33. The van der Waals surface area contributed by atoms with Gasteiger partial charge in [0, 0.05) is 0 Å². The fourth-order valence-electron chi connectivity index (χ4n) is 2.72. The van der Waals surface area contributed by atoms with Crippen LogP contribution in [0.25, 0.3) is 16.9 Å². The monoisotopic (exact) mass is 341 g/mol. The molecule has 1 aromatic carbocycles. The zero-order chi connectivity index (χ0) is 18.1. The van der Waals surface area contributed by atoms with Gasteiger partial charge in [0.05, 0.1) is 12.3 Å². The van der Waals surface area contributed by atoms with Gasteiger partial charge in [-0.05, 0) is 51.0 Å². The van der Waals surface area contributed by atoms with Crippen LogP contribution >= 0.6 is 0 Å². The number of ether oxygens (including phenoxy) is 1. The standard InChI is InChI=1S/C17H19N5O3/c1-5-25-17(24)12(4)21-9-18-15-14(16(21)23)19-20-22(15)13-7-10(2)6-11(3)8-13/h6-9,12H,5H2,1-4H3/t12-/m1/s1. The minimum Gasteiger partial charge on any atom is -0.464 e. The SMILES string of the molecule is CCOC(=O)[C@@H](C)n1cnc2c(nnn2-c2cc(C)cc(C)c2)c1=O. The molecule has 3 rings (SSSR count). The molecule has 0 aliphatic rings. The highest BCUT2D eigenvalue weighted by atomic mass is 16.5. The third-order valence-electron chi connectivity index (χ3n) is 3.88. The maximum atomic E-state index is 12.7. The van der Waals surface area contributed by atoms with Crippen molar-refractivity contribution in [2.45, 2.75) is 33.7 Å². The number of carbonyl (C=O) groups excluding carboxylic acids is 1. The minimum absolute atomic E-state index is 0.109. The number of rotatable bonds is 4. The van der Waals surface area contributed by atoms with Gasteiger partial charge < -0.3 is 4.74 Å². The predicted molar refractivity (Wildman–Crippen MR) is 91.7 cm³/mol. The van der Waals surface area contributed by atoms with Crippen LogP contribution in [0.4, 0.5) is 0 Å². The van der Waals surface area contributed by atoms with Crippen LogP contribution in [-0.2, 0) is 9.53 Å². The van der Waals surface area contributed by atoms with Gasteiger partial charge in [-0.3, -0.25) is 9.36 Å². The molecule has 8 heteroatoms. The topological polar surface area (TPSA) is 91.9 Å². The average Bonchev–Trinajstić information content (AvgIpc) is 2.99. The van der Waals surface area contributed by atoms with E-state index in [2.05, 4.69) is 15.3 Å². The molecule has 130 valence electrons. The molecule has 0 bridgehead atoms. The number of hydrogen-bond acceptors (Lipinski definition) is 6. The van der Waals surface area contributed by atoms with Gasteiger partial charge in [-0.2, -0.15) is 4.68 Å². The van der Waals surface area contributed by atoms with E-state index in [4.69, 9.17) is 4.74 Å². The van der Waals surface area contributed by atoms with E-state index in [1.165, 1.54) is 15.6 Å². The normalized spacial score (nSPS) is 12.3. The van der Waals surface area contributed by atoms with Crippen LogP contribution in [0.3, 0.4) is 0 Å². The number of esters is 1. The first-order valence-corrected chi connectivity index (χ1v) is 8.00. The fraction of sp³-hybridized carbons (Fsp3) is 0.353. The zero-order valence-electron chi connectivity index (χ0n) is 14.6. The quantitative estimate of drug-likeness (QED) is 0.671. The fourth-order valence-corrected chi connectivity index (χ4v) is 2.72. The molecule has 0 amide bonds. The molecule has 0 saturated carbocycles. The minimum atomic E-state index is -0.782. The number of nitrogens with zero attached hydrogens (tertiary/aromatic N) is 5. The van der Waals surface area contributed by atoms with E-state index in [1.807, 2.05) is 32.0 Å². The molecule has 0 aliphatic heterocycles. The Morgan fingerprint density at radius 2 is 1.92 bits per heavy atom. The first kappa shape index (κ1) is 16.8. The lowest BCUT2D eigenvalue weighted by Crippen LogP contribution is -2.29. The Hall–Kier alpha value is -3.03. The van der Waals surface area contributed by atoms with Crippen molar-refractivity contribution in [3.63, 3.8) is 0 Å². The number of aromatic nitrogens is 5. The Kier molecular flexibility index (Phi) is 4.35. The van der Waals surface area contributed by atoms with Gasteiger partial charge >= 0.3 is 5.97 Å². The van der Waals surface area contributed by atoms with Crippen LogP contribution in [0, 0.1) is 13.8 Å². The number of fused-ring (bicyclic) bond motifs is 1. The summed E-state index contributed by atoms with van der Waals surface area (Å²) >= 11 is 0. The zero-order valence-corrected chi connectivity index (χ0v) is 14.6. The third-order valence-corrected chi connectivity index (χ3v) is 3.88. The lowest BCUT2D eigenvalue weighted by Gasteiger charge is -2.12. The molecular weight excluding hydrogens is 322 g/mol. The maximum Gasteiger partial charge on any atom is 0.328 e. The molecular formula is C17H19N5O3. The average molecular weight is 341 g/mol. The molecule has 2 heterocycles. The first-order valence-electron chi connectivity index (χ1n) is 8.00. The molecule has 3 aromatic rings. The molecule has 8 nitrogen and oxygen atoms in total. The van der Waals surface area contributed by atoms with E-state index in [-0.39, 0.29) is 12.1 Å². The molecule has 0 unspecified atom stereocenters. The summed E-state index contributed by atoms with van der Waals surface area (Å²) in [6.45, 7) is 7.51. The van der Waals surface area contributed by atoms with Crippen molar-refractivity contribution >= 4 is 17.1 Å². The number of carbonyl (C=O) groups is 1. The number of aryl methyl sites for hydroxylation is 2.